The van der Waals surface area contributed by atoms with Crippen LogP contribution >= 0.6 is 12.6 Å². The SMILES string of the molecule is CC1CN(C(N)=O)CCCN1[C@@H]1C[C@H](S)CN1C(=O)OCc1ccc([N+](=O)[O-])cc1. The molecule has 0 saturated carbocycles. The minimum Gasteiger partial charge on any atom is -0.445 e. The summed E-state index contributed by atoms with van der Waals surface area (Å²) in [5.74, 6) is 0. The monoisotopic (exact) mass is 437 g/mol. The van der Waals surface area contributed by atoms with Gasteiger partial charge in [0.25, 0.3) is 5.69 Å². The van der Waals surface area contributed by atoms with Crippen molar-refractivity contribution in [2.24, 2.45) is 5.73 Å². The molecule has 30 heavy (non-hydrogen) atoms. The Morgan fingerprint density at radius 1 is 1.27 bits per heavy atom. The predicted octanol–water partition coefficient (Wildman–Crippen LogP) is 2.04. The maximum Gasteiger partial charge on any atom is 0.411 e. The van der Waals surface area contributed by atoms with E-state index in [9.17, 15) is 19.7 Å². The highest BCUT2D eigenvalue weighted by Gasteiger charge is 2.41. The van der Waals surface area contributed by atoms with Crippen LogP contribution in [0.5, 0.6) is 0 Å². The third-order valence-electron chi connectivity index (χ3n) is 5.58. The van der Waals surface area contributed by atoms with Crippen molar-refractivity contribution >= 4 is 30.4 Å². The predicted molar refractivity (Wildman–Crippen MR) is 113 cm³/mol. The fraction of sp³-hybridized carbons (Fsp3) is 0.579. The lowest BCUT2D eigenvalue weighted by molar-refractivity contribution is -0.384. The van der Waals surface area contributed by atoms with Gasteiger partial charge in [0, 0.05) is 49.6 Å². The highest BCUT2D eigenvalue weighted by Crippen LogP contribution is 2.28. The summed E-state index contributed by atoms with van der Waals surface area (Å²) in [6, 6.07) is 5.52. The number of hydrogen-bond donors (Lipinski definition) is 2. The first-order chi connectivity index (χ1) is 14.3. The van der Waals surface area contributed by atoms with E-state index >= 15 is 0 Å². The van der Waals surface area contributed by atoms with E-state index in [1.165, 1.54) is 12.1 Å². The third kappa shape index (κ3) is 5.14. The van der Waals surface area contributed by atoms with Gasteiger partial charge in [-0.3, -0.25) is 19.9 Å². The highest BCUT2D eigenvalue weighted by molar-refractivity contribution is 7.81. The molecule has 164 valence electrons. The van der Waals surface area contributed by atoms with Gasteiger partial charge >= 0.3 is 12.1 Å². The molecule has 0 aliphatic carbocycles. The summed E-state index contributed by atoms with van der Waals surface area (Å²) in [6.45, 7) is 4.36. The van der Waals surface area contributed by atoms with Crippen molar-refractivity contribution in [3.8, 4) is 0 Å². The maximum atomic E-state index is 12.8. The Morgan fingerprint density at radius 3 is 2.60 bits per heavy atom. The van der Waals surface area contributed by atoms with Crippen LogP contribution in [0.2, 0.25) is 0 Å². The number of thiol groups is 1. The Bertz CT molecular complexity index is 792. The lowest BCUT2D eigenvalue weighted by Crippen LogP contribution is -2.52. The Balaban J connectivity index is 1.64. The molecule has 2 aliphatic heterocycles. The topological polar surface area (TPSA) is 122 Å². The van der Waals surface area contributed by atoms with Crippen LogP contribution in [0, 0.1) is 10.1 Å². The van der Waals surface area contributed by atoms with Crippen molar-refractivity contribution in [3.63, 3.8) is 0 Å². The molecule has 2 heterocycles. The highest BCUT2D eigenvalue weighted by atomic mass is 32.1. The van der Waals surface area contributed by atoms with E-state index in [1.54, 1.807) is 21.9 Å². The number of nitro benzene ring substituents is 1. The quantitative estimate of drug-likeness (QED) is 0.422. The van der Waals surface area contributed by atoms with Gasteiger partial charge in [-0.25, -0.2) is 9.59 Å². The second-order valence-corrected chi connectivity index (χ2v) is 8.46. The molecule has 1 aromatic rings. The summed E-state index contributed by atoms with van der Waals surface area (Å²) in [7, 11) is 0. The number of benzene rings is 1. The maximum absolute atomic E-state index is 12.8. The molecule has 2 fully saturated rings. The number of non-ortho nitro benzene ring substituents is 1. The number of carbonyl (C=O) groups excluding carboxylic acids is 2. The van der Waals surface area contributed by atoms with Gasteiger partial charge in [-0.2, -0.15) is 12.6 Å². The number of urea groups is 1. The summed E-state index contributed by atoms with van der Waals surface area (Å²) >= 11 is 4.58. The smallest absolute Gasteiger partial charge is 0.411 e. The number of nitro groups is 1. The van der Waals surface area contributed by atoms with Gasteiger partial charge in [0.1, 0.15) is 6.61 Å². The minimum atomic E-state index is -0.473. The van der Waals surface area contributed by atoms with E-state index in [-0.39, 0.29) is 29.8 Å². The largest absolute Gasteiger partial charge is 0.445 e. The zero-order chi connectivity index (χ0) is 21.8. The third-order valence-corrected chi connectivity index (χ3v) is 5.96. The molecule has 0 spiro atoms. The molecule has 3 amide bonds. The van der Waals surface area contributed by atoms with Crippen molar-refractivity contribution in [2.45, 2.75) is 43.8 Å². The molecule has 3 rings (SSSR count). The normalized spacial score (nSPS) is 25.1. The molecule has 1 aromatic carbocycles. The molecule has 10 nitrogen and oxygen atoms in total. The molecular weight excluding hydrogens is 410 g/mol. The number of primary amides is 1. The molecule has 0 radical (unpaired) electrons. The van der Waals surface area contributed by atoms with Crippen molar-refractivity contribution < 1.29 is 19.2 Å². The van der Waals surface area contributed by atoms with Crippen molar-refractivity contribution in [2.75, 3.05) is 26.2 Å². The van der Waals surface area contributed by atoms with Gasteiger partial charge in [-0.1, -0.05) is 0 Å². The molecule has 2 aliphatic rings. The van der Waals surface area contributed by atoms with Gasteiger partial charge in [-0.15, -0.1) is 0 Å². The average molecular weight is 438 g/mol. The van der Waals surface area contributed by atoms with E-state index in [2.05, 4.69) is 17.5 Å². The zero-order valence-corrected chi connectivity index (χ0v) is 17.7. The molecule has 2 saturated heterocycles. The number of carbonyl (C=O) groups is 2. The second kappa shape index (κ2) is 9.52. The van der Waals surface area contributed by atoms with Crippen LogP contribution < -0.4 is 5.73 Å². The van der Waals surface area contributed by atoms with Gasteiger partial charge < -0.3 is 15.4 Å². The van der Waals surface area contributed by atoms with Crippen molar-refractivity contribution in [1.29, 1.82) is 0 Å². The van der Waals surface area contributed by atoms with E-state index < -0.39 is 17.0 Å². The molecule has 1 unspecified atom stereocenters. The van der Waals surface area contributed by atoms with Crippen LogP contribution in [0.15, 0.2) is 24.3 Å². The van der Waals surface area contributed by atoms with Gasteiger partial charge in [-0.05, 0) is 37.5 Å². The van der Waals surface area contributed by atoms with Crippen LogP contribution in [0.1, 0.15) is 25.3 Å². The van der Waals surface area contributed by atoms with E-state index in [0.29, 0.717) is 31.6 Å². The van der Waals surface area contributed by atoms with Crippen LogP contribution in [0.4, 0.5) is 15.3 Å². The Kier molecular flexibility index (Phi) is 7.03. The molecule has 0 bridgehead atoms. The van der Waals surface area contributed by atoms with Gasteiger partial charge in [0.05, 0.1) is 11.1 Å². The first-order valence-corrected chi connectivity index (χ1v) is 10.4. The number of ether oxygens (including phenoxy) is 1. The number of nitrogens with zero attached hydrogens (tertiary/aromatic N) is 4. The van der Waals surface area contributed by atoms with Crippen LogP contribution in [-0.2, 0) is 11.3 Å². The lowest BCUT2D eigenvalue weighted by Gasteiger charge is -2.37. The van der Waals surface area contributed by atoms with E-state index in [1.807, 2.05) is 6.92 Å². The van der Waals surface area contributed by atoms with Gasteiger partial charge in [0.15, 0.2) is 0 Å². The minimum absolute atomic E-state index is 0.0113. The first-order valence-electron chi connectivity index (χ1n) is 9.91. The fourth-order valence-corrected chi connectivity index (χ4v) is 4.43. The van der Waals surface area contributed by atoms with Crippen molar-refractivity contribution in [1.82, 2.24) is 14.7 Å². The summed E-state index contributed by atoms with van der Waals surface area (Å²) < 4.78 is 5.48. The molecule has 0 aromatic heterocycles. The van der Waals surface area contributed by atoms with Crippen LogP contribution in [0.3, 0.4) is 0 Å². The molecule has 3 atom stereocenters. The summed E-state index contributed by atoms with van der Waals surface area (Å²) in [4.78, 5) is 40.2. The van der Waals surface area contributed by atoms with E-state index in [4.69, 9.17) is 10.5 Å². The first kappa shape index (κ1) is 22.2. The number of likely N-dealkylation sites (tertiary alicyclic amines) is 1. The Labute approximate surface area is 180 Å². The van der Waals surface area contributed by atoms with Crippen molar-refractivity contribution in [3.05, 3.63) is 39.9 Å². The van der Waals surface area contributed by atoms with Crippen LogP contribution in [-0.4, -0.2) is 75.4 Å². The standard InChI is InChI=1S/C19H27N5O5S/c1-13-10-21(18(20)25)7-2-8-22(13)17-9-16(30)11-23(17)19(26)29-12-14-3-5-15(6-4-14)24(27)28/h3-6,13,16-17,30H,2,7-12H2,1H3,(H2,20,25)/t13?,16-,17-/m0/s1. The fourth-order valence-electron chi connectivity index (χ4n) is 4.07. The molecule has 2 N–H and O–H groups in total. The second-order valence-electron chi connectivity index (χ2n) is 7.73. The summed E-state index contributed by atoms with van der Waals surface area (Å²) in [5.41, 5.74) is 6.11. The van der Waals surface area contributed by atoms with E-state index in [0.717, 1.165) is 13.0 Å². The number of hydrogen-bond acceptors (Lipinski definition) is 7. The van der Waals surface area contributed by atoms with Gasteiger partial charge in [0.2, 0.25) is 0 Å². The van der Waals surface area contributed by atoms with Crippen LogP contribution in [0.25, 0.3) is 0 Å². The lowest BCUT2D eigenvalue weighted by atomic mass is 10.2. The zero-order valence-electron chi connectivity index (χ0n) is 16.8. The summed E-state index contributed by atoms with van der Waals surface area (Å²) in [6.07, 6.45) is 0.862. The number of rotatable bonds is 4. The average Bonchev–Trinajstić information content (AvgIpc) is 2.98. The summed E-state index contributed by atoms with van der Waals surface area (Å²) in [5, 5.41) is 10.8. The molecular formula is C19H27N5O5S. The Morgan fingerprint density at radius 2 is 1.97 bits per heavy atom. The molecule has 11 heteroatoms. The number of amides is 3. The number of nitrogens with two attached hydrogens (primary N) is 1. The Hall–Kier alpha value is -2.53.